The average molecular weight is 495 g/mol. The number of fused-ring (bicyclic) bond motifs is 2. The standard InChI is InChI=1S/C21H27BrN4O5/c1-10(2)16(25-21(30)31-3)20(29)26-13-6-4-11(8-13)17(26)19(28)24-15-7-5-12(22)9-14(15)18(23)27/h5,7,9-11,13,16-17H,4,6,8H2,1-3H3,(H2,23,27)(H,24,28)(H,25,30)/t11-,13+,16-,17-/m0/s1. The minimum absolute atomic E-state index is 0.0207. The summed E-state index contributed by atoms with van der Waals surface area (Å²) in [7, 11) is 1.24. The number of carbonyl (C=O) groups is 4. The number of ether oxygens (including phenoxy) is 1. The summed E-state index contributed by atoms with van der Waals surface area (Å²) in [5.41, 5.74) is 5.93. The van der Waals surface area contributed by atoms with Crippen LogP contribution in [0.5, 0.6) is 0 Å². The minimum Gasteiger partial charge on any atom is -0.453 e. The topological polar surface area (TPSA) is 131 Å². The normalized spacial score (nSPS) is 22.9. The van der Waals surface area contributed by atoms with E-state index in [0.717, 1.165) is 19.3 Å². The summed E-state index contributed by atoms with van der Waals surface area (Å²) >= 11 is 3.29. The molecule has 0 aromatic heterocycles. The number of benzene rings is 1. The number of hydrogen-bond donors (Lipinski definition) is 3. The van der Waals surface area contributed by atoms with Gasteiger partial charge in [-0.15, -0.1) is 0 Å². The van der Waals surface area contributed by atoms with Crippen LogP contribution in [0.2, 0.25) is 0 Å². The Morgan fingerprint density at radius 1 is 1.23 bits per heavy atom. The molecule has 2 aliphatic rings. The van der Waals surface area contributed by atoms with Crippen molar-refractivity contribution in [3.63, 3.8) is 0 Å². The van der Waals surface area contributed by atoms with Crippen LogP contribution in [-0.4, -0.2) is 54.0 Å². The number of anilines is 1. The number of rotatable bonds is 6. The number of carbonyl (C=O) groups excluding carboxylic acids is 4. The molecule has 1 aromatic carbocycles. The van der Waals surface area contributed by atoms with Gasteiger partial charge in [0.1, 0.15) is 12.1 Å². The fourth-order valence-electron chi connectivity index (χ4n) is 4.54. The molecule has 1 saturated heterocycles. The van der Waals surface area contributed by atoms with E-state index in [0.29, 0.717) is 10.2 Å². The van der Waals surface area contributed by atoms with Crippen LogP contribution in [0.25, 0.3) is 0 Å². The fraction of sp³-hybridized carbons (Fsp3) is 0.524. The number of halogens is 1. The molecule has 1 aliphatic carbocycles. The summed E-state index contributed by atoms with van der Waals surface area (Å²) in [6, 6.07) is 3.27. The number of methoxy groups -OCH3 is 1. The predicted octanol–water partition coefficient (Wildman–Crippen LogP) is 2.25. The first-order valence-electron chi connectivity index (χ1n) is 10.2. The van der Waals surface area contributed by atoms with Crippen LogP contribution in [0, 0.1) is 11.8 Å². The largest absolute Gasteiger partial charge is 0.453 e. The lowest BCUT2D eigenvalue weighted by atomic mass is 9.95. The first-order valence-corrected chi connectivity index (χ1v) is 11.0. The second kappa shape index (κ2) is 9.25. The van der Waals surface area contributed by atoms with E-state index >= 15 is 0 Å². The molecule has 168 valence electrons. The number of alkyl carbamates (subject to hydrolysis) is 1. The van der Waals surface area contributed by atoms with Crippen molar-refractivity contribution in [3.8, 4) is 0 Å². The Bertz CT molecular complexity index is 906. The van der Waals surface area contributed by atoms with Gasteiger partial charge in [-0.05, 0) is 49.3 Å². The van der Waals surface area contributed by atoms with E-state index in [-0.39, 0.29) is 35.3 Å². The van der Waals surface area contributed by atoms with Gasteiger partial charge in [0.2, 0.25) is 11.8 Å². The number of likely N-dealkylation sites (tertiary alicyclic amines) is 1. The molecule has 1 aliphatic heterocycles. The molecule has 4 N–H and O–H groups in total. The summed E-state index contributed by atoms with van der Waals surface area (Å²) in [4.78, 5) is 51.9. The van der Waals surface area contributed by atoms with E-state index in [9.17, 15) is 19.2 Å². The molecule has 0 spiro atoms. The maximum absolute atomic E-state index is 13.4. The summed E-state index contributed by atoms with van der Waals surface area (Å²) < 4.78 is 5.31. The summed E-state index contributed by atoms with van der Waals surface area (Å²) in [5, 5.41) is 5.38. The average Bonchev–Trinajstić information content (AvgIpc) is 3.33. The molecule has 1 aromatic rings. The lowest BCUT2D eigenvalue weighted by molar-refractivity contribution is -0.143. The number of primary amides is 1. The molecule has 1 saturated carbocycles. The molecule has 9 nitrogen and oxygen atoms in total. The summed E-state index contributed by atoms with van der Waals surface area (Å²) in [6.45, 7) is 3.64. The Labute approximate surface area is 189 Å². The molecular formula is C21H27BrN4O5. The minimum atomic E-state index is -0.809. The molecular weight excluding hydrogens is 468 g/mol. The second-order valence-electron chi connectivity index (χ2n) is 8.32. The van der Waals surface area contributed by atoms with Crippen LogP contribution in [0.3, 0.4) is 0 Å². The summed E-state index contributed by atoms with van der Waals surface area (Å²) in [6.07, 6.45) is 1.69. The quantitative estimate of drug-likeness (QED) is 0.557. The van der Waals surface area contributed by atoms with Crippen LogP contribution >= 0.6 is 15.9 Å². The maximum atomic E-state index is 13.4. The van der Waals surface area contributed by atoms with E-state index in [4.69, 9.17) is 5.73 Å². The Morgan fingerprint density at radius 3 is 2.55 bits per heavy atom. The molecule has 3 rings (SSSR count). The third kappa shape index (κ3) is 4.68. The van der Waals surface area contributed by atoms with E-state index in [2.05, 4.69) is 31.3 Å². The van der Waals surface area contributed by atoms with Gasteiger partial charge in [-0.25, -0.2) is 4.79 Å². The van der Waals surface area contributed by atoms with E-state index in [1.165, 1.54) is 13.2 Å². The second-order valence-corrected chi connectivity index (χ2v) is 9.23. The van der Waals surface area contributed by atoms with Crippen molar-refractivity contribution in [1.82, 2.24) is 10.2 Å². The first kappa shape index (κ1) is 23.1. The number of nitrogens with one attached hydrogen (secondary N) is 2. The Morgan fingerprint density at radius 2 is 1.94 bits per heavy atom. The Hall–Kier alpha value is -2.62. The highest BCUT2D eigenvalue weighted by Crippen LogP contribution is 2.43. The van der Waals surface area contributed by atoms with E-state index in [1.54, 1.807) is 17.0 Å². The van der Waals surface area contributed by atoms with E-state index < -0.39 is 24.1 Å². The highest BCUT2D eigenvalue weighted by Gasteiger charge is 2.52. The van der Waals surface area contributed by atoms with Gasteiger partial charge in [0.05, 0.1) is 18.4 Å². The zero-order chi connectivity index (χ0) is 22.9. The van der Waals surface area contributed by atoms with Crippen molar-refractivity contribution in [3.05, 3.63) is 28.2 Å². The molecule has 2 fully saturated rings. The van der Waals surface area contributed by atoms with E-state index in [1.807, 2.05) is 13.8 Å². The molecule has 2 bridgehead atoms. The van der Waals surface area contributed by atoms with Gasteiger partial charge in [-0.3, -0.25) is 14.4 Å². The van der Waals surface area contributed by atoms with Crippen molar-refractivity contribution < 1.29 is 23.9 Å². The number of nitrogens with zero attached hydrogens (tertiary/aromatic N) is 1. The van der Waals surface area contributed by atoms with Crippen molar-refractivity contribution in [2.45, 2.75) is 51.2 Å². The molecule has 1 heterocycles. The Balaban J connectivity index is 1.86. The van der Waals surface area contributed by atoms with Crippen molar-refractivity contribution in [2.24, 2.45) is 17.6 Å². The van der Waals surface area contributed by atoms with Gasteiger partial charge in [0.25, 0.3) is 5.91 Å². The summed E-state index contributed by atoms with van der Waals surface area (Å²) in [5.74, 6) is -1.51. The third-order valence-electron chi connectivity index (χ3n) is 6.00. The van der Waals surface area contributed by atoms with Gasteiger partial charge in [-0.2, -0.15) is 0 Å². The smallest absolute Gasteiger partial charge is 0.407 e. The monoisotopic (exact) mass is 494 g/mol. The molecule has 4 atom stereocenters. The molecule has 10 heteroatoms. The van der Waals surface area contributed by atoms with Crippen LogP contribution in [-0.2, 0) is 14.3 Å². The lowest BCUT2D eigenvalue weighted by Crippen LogP contribution is -2.58. The number of piperidine rings is 1. The van der Waals surface area contributed by atoms with Crippen LogP contribution in [0.15, 0.2) is 22.7 Å². The van der Waals surface area contributed by atoms with Crippen LogP contribution in [0.4, 0.5) is 10.5 Å². The fourth-order valence-corrected chi connectivity index (χ4v) is 4.90. The maximum Gasteiger partial charge on any atom is 0.407 e. The predicted molar refractivity (Wildman–Crippen MR) is 117 cm³/mol. The zero-order valence-electron chi connectivity index (χ0n) is 17.7. The van der Waals surface area contributed by atoms with Gasteiger partial charge in [0.15, 0.2) is 0 Å². The molecule has 0 radical (unpaired) electrons. The number of amides is 4. The van der Waals surface area contributed by atoms with Gasteiger partial charge < -0.3 is 26.0 Å². The SMILES string of the molecule is COC(=O)N[C@H](C(=O)N1[C@@H]2CC[C@@H](C2)[C@H]1C(=O)Nc1ccc(Br)cc1C(N)=O)C(C)C. The van der Waals surface area contributed by atoms with Crippen molar-refractivity contribution in [1.29, 1.82) is 0 Å². The third-order valence-corrected chi connectivity index (χ3v) is 6.50. The van der Waals surface area contributed by atoms with Crippen LogP contribution in [0.1, 0.15) is 43.5 Å². The highest BCUT2D eigenvalue weighted by atomic mass is 79.9. The first-order chi connectivity index (χ1) is 14.6. The lowest BCUT2D eigenvalue weighted by Gasteiger charge is -2.37. The Kier molecular flexibility index (Phi) is 6.88. The van der Waals surface area contributed by atoms with Crippen molar-refractivity contribution >= 4 is 45.4 Å². The van der Waals surface area contributed by atoms with Gasteiger partial charge >= 0.3 is 6.09 Å². The highest BCUT2D eigenvalue weighted by molar-refractivity contribution is 9.10. The number of nitrogens with two attached hydrogens (primary N) is 1. The molecule has 31 heavy (non-hydrogen) atoms. The molecule has 4 amide bonds. The molecule has 0 unspecified atom stereocenters. The van der Waals surface area contributed by atoms with Gasteiger partial charge in [-0.1, -0.05) is 29.8 Å². The van der Waals surface area contributed by atoms with Crippen molar-refractivity contribution in [2.75, 3.05) is 12.4 Å². The zero-order valence-corrected chi connectivity index (χ0v) is 19.3. The van der Waals surface area contributed by atoms with Gasteiger partial charge in [0, 0.05) is 10.5 Å². The van der Waals surface area contributed by atoms with Crippen LogP contribution < -0.4 is 16.4 Å². The number of hydrogen-bond acceptors (Lipinski definition) is 5.